The number of halogens is 2. The quantitative estimate of drug-likeness (QED) is 0.550. The predicted octanol–water partition coefficient (Wildman–Crippen LogP) is 2.13. The SMILES string of the molecule is CC(=O)CC(=O)c1cccc(F)c1F. The summed E-state index contributed by atoms with van der Waals surface area (Å²) in [6, 6.07) is 3.30. The van der Waals surface area contributed by atoms with Crippen LogP contribution in [0.25, 0.3) is 0 Å². The lowest BCUT2D eigenvalue weighted by atomic mass is 10.1. The summed E-state index contributed by atoms with van der Waals surface area (Å²) in [6.07, 6.45) is -0.402. The number of ketones is 2. The van der Waals surface area contributed by atoms with Gasteiger partial charge in [-0.15, -0.1) is 0 Å². The maximum atomic E-state index is 13.0. The molecule has 0 aromatic heterocycles. The number of benzene rings is 1. The maximum absolute atomic E-state index is 13.0. The third-order valence-corrected chi connectivity index (χ3v) is 1.66. The van der Waals surface area contributed by atoms with Gasteiger partial charge >= 0.3 is 0 Å². The van der Waals surface area contributed by atoms with Gasteiger partial charge in [0.15, 0.2) is 17.4 Å². The van der Waals surface area contributed by atoms with E-state index in [2.05, 4.69) is 0 Å². The zero-order chi connectivity index (χ0) is 10.7. The molecule has 0 spiro atoms. The maximum Gasteiger partial charge on any atom is 0.173 e. The molecule has 0 amide bonds. The minimum absolute atomic E-state index is 0.375. The smallest absolute Gasteiger partial charge is 0.173 e. The standard InChI is InChI=1S/C10H8F2O2/c1-6(13)5-9(14)7-3-2-4-8(11)10(7)12/h2-4H,5H2,1H3. The van der Waals surface area contributed by atoms with Gasteiger partial charge in [0, 0.05) is 0 Å². The summed E-state index contributed by atoms with van der Waals surface area (Å²) < 4.78 is 25.7. The Morgan fingerprint density at radius 3 is 2.50 bits per heavy atom. The fourth-order valence-electron chi connectivity index (χ4n) is 1.04. The Hall–Kier alpha value is -1.58. The van der Waals surface area contributed by atoms with Gasteiger partial charge in [-0.05, 0) is 19.1 Å². The summed E-state index contributed by atoms with van der Waals surface area (Å²) in [6.45, 7) is 1.22. The predicted molar refractivity (Wildman–Crippen MR) is 46.0 cm³/mol. The first-order chi connectivity index (χ1) is 6.52. The van der Waals surface area contributed by atoms with Crippen LogP contribution in [0.4, 0.5) is 8.78 Å². The third-order valence-electron chi connectivity index (χ3n) is 1.66. The molecule has 4 heteroatoms. The van der Waals surface area contributed by atoms with Crippen molar-refractivity contribution >= 4 is 11.6 Å². The van der Waals surface area contributed by atoms with Gasteiger partial charge in [0.1, 0.15) is 5.78 Å². The highest BCUT2D eigenvalue weighted by molar-refractivity contribution is 6.07. The zero-order valence-electron chi connectivity index (χ0n) is 7.51. The van der Waals surface area contributed by atoms with Gasteiger partial charge in [0.2, 0.25) is 0 Å². The van der Waals surface area contributed by atoms with Gasteiger partial charge < -0.3 is 0 Å². The first-order valence-electron chi connectivity index (χ1n) is 3.99. The monoisotopic (exact) mass is 198 g/mol. The van der Waals surface area contributed by atoms with Crippen molar-refractivity contribution in [1.29, 1.82) is 0 Å². The van der Waals surface area contributed by atoms with E-state index in [1.54, 1.807) is 0 Å². The topological polar surface area (TPSA) is 34.1 Å². The molecule has 0 saturated carbocycles. The highest BCUT2D eigenvalue weighted by atomic mass is 19.2. The van der Waals surface area contributed by atoms with Crippen LogP contribution in [0, 0.1) is 11.6 Å². The summed E-state index contributed by atoms with van der Waals surface area (Å²) in [7, 11) is 0. The van der Waals surface area contributed by atoms with E-state index in [4.69, 9.17) is 0 Å². The molecular weight excluding hydrogens is 190 g/mol. The second kappa shape index (κ2) is 4.09. The van der Waals surface area contributed by atoms with Crippen molar-refractivity contribution in [2.24, 2.45) is 0 Å². The second-order valence-electron chi connectivity index (χ2n) is 2.90. The molecule has 0 N–H and O–H groups in total. The molecule has 1 rings (SSSR count). The van der Waals surface area contributed by atoms with Crippen LogP contribution in [-0.4, -0.2) is 11.6 Å². The molecule has 1 aromatic carbocycles. The van der Waals surface area contributed by atoms with Crippen LogP contribution in [0.2, 0.25) is 0 Å². The molecule has 74 valence electrons. The zero-order valence-corrected chi connectivity index (χ0v) is 7.51. The number of Topliss-reactive ketones (excluding diaryl/α,β-unsaturated/α-hetero) is 2. The fraction of sp³-hybridized carbons (Fsp3) is 0.200. The van der Waals surface area contributed by atoms with E-state index < -0.39 is 23.8 Å². The Kier molecular flexibility index (Phi) is 3.06. The Morgan fingerprint density at radius 2 is 1.93 bits per heavy atom. The molecule has 0 aliphatic heterocycles. The summed E-state index contributed by atoms with van der Waals surface area (Å²) in [5, 5.41) is 0. The second-order valence-corrected chi connectivity index (χ2v) is 2.90. The molecule has 0 fully saturated rings. The summed E-state index contributed by atoms with van der Waals surface area (Å²) in [5.74, 6) is -3.36. The van der Waals surface area contributed by atoms with Crippen LogP contribution in [0.3, 0.4) is 0 Å². The van der Waals surface area contributed by atoms with E-state index in [1.807, 2.05) is 0 Å². The highest BCUT2D eigenvalue weighted by Crippen LogP contribution is 2.13. The average Bonchev–Trinajstić information content (AvgIpc) is 2.08. The molecule has 0 saturated heterocycles. The molecule has 0 aliphatic rings. The Labute approximate surface area is 79.5 Å². The van der Waals surface area contributed by atoms with Crippen LogP contribution >= 0.6 is 0 Å². The first-order valence-corrected chi connectivity index (χ1v) is 3.99. The largest absolute Gasteiger partial charge is 0.300 e. The number of carbonyl (C=O) groups is 2. The Bertz CT molecular complexity index is 386. The van der Waals surface area contributed by atoms with E-state index in [0.29, 0.717) is 0 Å². The van der Waals surface area contributed by atoms with E-state index in [9.17, 15) is 18.4 Å². The van der Waals surface area contributed by atoms with Crippen molar-refractivity contribution in [2.45, 2.75) is 13.3 Å². The molecule has 0 bridgehead atoms. The molecule has 0 atom stereocenters. The molecule has 14 heavy (non-hydrogen) atoms. The van der Waals surface area contributed by atoms with Crippen molar-refractivity contribution < 1.29 is 18.4 Å². The molecule has 1 aromatic rings. The third kappa shape index (κ3) is 2.22. The van der Waals surface area contributed by atoms with E-state index in [1.165, 1.54) is 13.0 Å². The molecule has 0 radical (unpaired) electrons. The lowest BCUT2D eigenvalue weighted by Crippen LogP contribution is -2.08. The van der Waals surface area contributed by atoms with Gasteiger partial charge in [0.05, 0.1) is 12.0 Å². The summed E-state index contributed by atoms with van der Waals surface area (Å²) in [4.78, 5) is 21.8. The highest BCUT2D eigenvalue weighted by Gasteiger charge is 2.15. The lowest BCUT2D eigenvalue weighted by Gasteiger charge is -2.00. The normalized spacial score (nSPS) is 9.93. The fourth-order valence-corrected chi connectivity index (χ4v) is 1.04. The molecule has 2 nitrogen and oxygen atoms in total. The van der Waals surface area contributed by atoms with Gasteiger partial charge in [-0.1, -0.05) is 6.07 Å². The van der Waals surface area contributed by atoms with Crippen LogP contribution in [0.1, 0.15) is 23.7 Å². The van der Waals surface area contributed by atoms with Crippen molar-refractivity contribution in [2.75, 3.05) is 0 Å². The summed E-state index contributed by atoms with van der Waals surface area (Å²) in [5.41, 5.74) is -0.375. The van der Waals surface area contributed by atoms with Crippen molar-refractivity contribution in [1.82, 2.24) is 0 Å². The van der Waals surface area contributed by atoms with Crippen molar-refractivity contribution in [3.8, 4) is 0 Å². The van der Waals surface area contributed by atoms with Crippen molar-refractivity contribution in [3.63, 3.8) is 0 Å². The van der Waals surface area contributed by atoms with Crippen LogP contribution in [-0.2, 0) is 4.79 Å². The average molecular weight is 198 g/mol. The Balaban J connectivity index is 3.01. The minimum Gasteiger partial charge on any atom is -0.300 e. The van der Waals surface area contributed by atoms with Crippen LogP contribution in [0.5, 0.6) is 0 Å². The van der Waals surface area contributed by atoms with E-state index >= 15 is 0 Å². The number of rotatable bonds is 3. The van der Waals surface area contributed by atoms with E-state index in [-0.39, 0.29) is 11.3 Å². The molecule has 0 heterocycles. The number of hydrogen-bond acceptors (Lipinski definition) is 2. The lowest BCUT2D eigenvalue weighted by molar-refractivity contribution is -0.116. The first kappa shape index (κ1) is 10.5. The number of carbonyl (C=O) groups excluding carboxylic acids is 2. The number of hydrogen-bond donors (Lipinski definition) is 0. The van der Waals surface area contributed by atoms with Gasteiger partial charge in [-0.3, -0.25) is 9.59 Å². The van der Waals surface area contributed by atoms with Gasteiger partial charge in [0.25, 0.3) is 0 Å². The van der Waals surface area contributed by atoms with Crippen LogP contribution < -0.4 is 0 Å². The molecule has 0 aliphatic carbocycles. The molecular formula is C10H8F2O2. The van der Waals surface area contributed by atoms with Gasteiger partial charge in [-0.2, -0.15) is 0 Å². The van der Waals surface area contributed by atoms with Crippen LogP contribution in [0.15, 0.2) is 18.2 Å². The van der Waals surface area contributed by atoms with Crippen molar-refractivity contribution in [3.05, 3.63) is 35.4 Å². The van der Waals surface area contributed by atoms with E-state index in [0.717, 1.165) is 12.1 Å². The summed E-state index contributed by atoms with van der Waals surface area (Å²) >= 11 is 0. The minimum atomic E-state index is -1.20. The molecule has 0 unspecified atom stereocenters. The van der Waals surface area contributed by atoms with Gasteiger partial charge in [-0.25, -0.2) is 8.78 Å². The Morgan fingerprint density at radius 1 is 1.29 bits per heavy atom.